The maximum Gasteiger partial charge on any atom is 0.341 e. The number of hydrogen-bond donors (Lipinski definition) is 0. The monoisotopic (exact) mass is 280 g/mol. The molecule has 0 radical (unpaired) electrons. The Bertz CT molecular complexity index is 426. The molecule has 114 valence electrons. The second-order valence-electron chi connectivity index (χ2n) is 7.26. The molecule has 0 amide bonds. The first-order chi connectivity index (χ1) is 8.85. The number of carbonyl (C=O) groups excluding carboxylic acids is 2. The van der Waals surface area contributed by atoms with E-state index in [-0.39, 0.29) is 10.8 Å². The summed E-state index contributed by atoms with van der Waals surface area (Å²) < 4.78 is 4.94. The van der Waals surface area contributed by atoms with Crippen molar-refractivity contribution in [1.29, 1.82) is 0 Å². The lowest BCUT2D eigenvalue weighted by atomic mass is 9.92. The Morgan fingerprint density at radius 3 is 1.70 bits per heavy atom. The summed E-state index contributed by atoms with van der Waals surface area (Å²) in [5.41, 5.74) is 0.747. The van der Waals surface area contributed by atoms with Gasteiger partial charge in [0.15, 0.2) is 0 Å². The summed E-state index contributed by atoms with van der Waals surface area (Å²) in [7, 11) is 0. The van der Waals surface area contributed by atoms with E-state index in [0.717, 1.165) is 0 Å². The molecular formula is C17H28O3. The molecule has 20 heavy (non-hydrogen) atoms. The fraction of sp³-hybridized carbons (Fsp3) is 0.647. The Morgan fingerprint density at radius 2 is 1.35 bits per heavy atom. The zero-order valence-corrected chi connectivity index (χ0v) is 14.1. The van der Waals surface area contributed by atoms with Gasteiger partial charge in [-0.25, -0.2) is 9.59 Å². The lowest BCUT2D eigenvalue weighted by molar-refractivity contribution is -0.154. The minimum Gasteiger partial charge on any atom is -0.386 e. The van der Waals surface area contributed by atoms with Crippen LogP contribution in [0.15, 0.2) is 23.3 Å². The van der Waals surface area contributed by atoms with E-state index in [1.54, 1.807) is 6.92 Å². The summed E-state index contributed by atoms with van der Waals surface area (Å²) in [4.78, 5) is 23.9. The van der Waals surface area contributed by atoms with E-state index in [2.05, 4.69) is 0 Å². The van der Waals surface area contributed by atoms with Crippen LogP contribution in [0.3, 0.4) is 0 Å². The average Bonchev–Trinajstić information content (AvgIpc) is 2.21. The van der Waals surface area contributed by atoms with Crippen molar-refractivity contribution in [3.05, 3.63) is 23.3 Å². The molecule has 0 N–H and O–H groups in total. The van der Waals surface area contributed by atoms with E-state index in [0.29, 0.717) is 17.6 Å². The third-order valence-electron chi connectivity index (χ3n) is 2.41. The Hall–Kier alpha value is -1.38. The summed E-state index contributed by atoms with van der Waals surface area (Å²) in [6, 6.07) is 0. The van der Waals surface area contributed by atoms with Gasteiger partial charge >= 0.3 is 11.9 Å². The smallest absolute Gasteiger partial charge is 0.341 e. The van der Waals surface area contributed by atoms with Gasteiger partial charge in [0, 0.05) is 11.1 Å². The molecule has 0 aliphatic carbocycles. The van der Waals surface area contributed by atoms with Crippen LogP contribution in [0.1, 0.15) is 61.8 Å². The van der Waals surface area contributed by atoms with Gasteiger partial charge in [0.1, 0.15) is 0 Å². The standard InChI is InChI=1S/C17H28O3/c1-9-13(11-17(6,7)8)15(19)20-14(18)12(2)10-16(3,4)5/h10-11H,9H2,1-8H3. The molecule has 0 aromatic carbocycles. The van der Waals surface area contributed by atoms with Crippen molar-refractivity contribution in [2.45, 2.75) is 61.8 Å². The van der Waals surface area contributed by atoms with E-state index in [1.807, 2.05) is 60.6 Å². The van der Waals surface area contributed by atoms with Gasteiger partial charge in [-0.3, -0.25) is 0 Å². The Labute approximate surface area is 123 Å². The molecule has 0 aliphatic rings. The van der Waals surface area contributed by atoms with Crippen LogP contribution in [0.25, 0.3) is 0 Å². The summed E-state index contributed by atoms with van der Waals surface area (Å²) in [6.45, 7) is 15.5. The molecule has 0 aromatic heterocycles. The predicted molar refractivity (Wildman–Crippen MR) is 82.1 cm³/mol. The second-order valence-corrected chi connectivity index (χ2v) is 7.26. The molecule has 0 aliphatic heterocycles. The van der Waals surface area contributed by atoms with E-state index in [1.165, 1.54) is 0 Å². The first-order valence-corrected chi connectivity index (χ1v) is 7.03. The summed E-state index contributed by atoms with van der Waals surface area (Å²) in [5, 5.41) is 0. The second kappa shape index (κ2) is 6.87. The van der Waals surface area contributed by atoms with Gasteiger partial charge in [-0.1, -0.05) is 60.6 Å². The molecule has 0 fully saturated rings. The van der Waals surface area contributed by atoms with Crippen LogP contribution < -0.4 is 0 Å². The van der Waals surface area contributed by atoms with Crippen LogP contribution >= 0.6 is 0 Å². The van der Waals surface area contributed by atoms with E-state index < -0.39 is 11.9 Å². The summed E-state index contributed by atoms with van der Waals surface area (Å²) in [6.07, 6.45) is 4.21. The zero-order chi connectivity index (χ0) is 16.1. The summed E-state index contributed by atoms with van der Waals surface area (Å²) in [5.74, 6) is -1.12. The number of ether oxygens (including phenoxy) is 1. The molecule has 0 bridgehead atoms. The maximum atomic E-state index is 12.0. The SMILES string of the molecule is CCC(=CC(C)(C)C)C(=O)OC(=O)C(C)=CC(C)(C)C. The third-order valence-corrected chi connectivity index (χ3v) is 2.41. The van der Waals surface area contributed by atoms with Crippen LogP contribution in [-0.2, 0) is 14.3 Å². The normalized spacial score (nSPS) is 14.2. The molecule has 0 aromatic rings. The molecule has 0 rings (SSSR count). The number of carbonyl (C=O) groups is 2. The van der Waals surface area contributed by atoms with Gasteiger partial charge in [0.2, 0.25) is 0 Å². The van der Waals surface area contributed by atoms with Gasteiger partial charge in [-0.15, -0.1) is 0 Å². The van der Waals surface area contributed by atoms with Crippen molar-refractivity contribution in [2.24, 2.45) is 10.8 Å². The van der Waals surface area contributed by atoms with Crippen molar-refractivity contribution in [3.63, 3.8) is 0 Å². The molecular weight excluding hydrogens is 252 g/mol. The molecule has 0 saturated heterocycles. The number of esters is 2. The minimum absolute atomic E-state index is 0.121. The number of rotatable bonds is 3. The fourth-order valence-corrected chi connectivity index (χ4v) is 1.77. The molecule has 0 saturated carbocycles. The van der Waals surface area contributed by atoms with Crippen LogP contribution in [0.2, 0.25) is 0 Å². The lowest BCUT2D eigenvalue weighted by Crippen LogP contribution is -2.17. The molecule has 0 atom stereocenters. The molecule has 0 spiro atoms. The predicted octanol–water partition coefficient (Wildman–Crippen LogP) is 4.43. The van der Waals surface area contributed by atoms with Crippen molar-refractivity contribution in [3.8, 4) is 0 Å². The van der Waals surface area contributed by atoms with Crippen molar-refractivity contribution >= 4 is 11.9 Å². The van der Waals surface area contributed by atoms with Crippen LogP contribution in [0.4, 0.5) is 0 Å². The van der Waals surface area contributed by atoms with Crippen LogP contribution in [0, 0.1) is 10.8 Å². The van der Waals surface area contributed by atoms with Gasteiger partial charge in [-0.2, -0.15) is 0 Å². The Kier molecular flexibility index (Phi) is 6.39. The Balaban J connectivity index is 4.97. The molecule has 3 nitrogen and oxygen atoms in total. The van der Waals surface area contributed by atoms with Crippen molar-refractivity contribution in [2.75, 3.05) is 0 Å². The van der Waals surface area contributed by atoms with E-state index >= 15 is 0 Å². The quantitative estimate of drug-likeness (QED) is 0.436. The van der Waals surface area contributed by atoms with E-state index in [9.17, 15) is 9.59 Å². The number of allylic oxidation sites excluding steroid dienone is 2. The highest BCUT2D eigenvalue weighted by molar-refractivity contribution is 6.01. The molecule has 0 heterocycles. The average molecular weight is 280 g/mol. The first-order valence-electron chi connectivity index (χ1n) is 7.03. The maximum absolute atomic E-state index is 12.0. The van der Waals surface area contributed by atoms with Crippen molar-refractivity contribution in [1.82, 2.24) is 0 Å². The van der Waals surface area contributed by atoms with Gasteiger partial charge in [0.25, 0.3) is 0 Å². The minimum atomic E-state index is -0.571. The third kappa shape index (κ3) is 7.93. The highest BCUT2D eigenvalue weighted by atomic mass is 16.6. The van der Waals surface area contributed by atoms with Crippen molar-refractivity contribution < 1.29 is 14.3 Å². The Morgan fingerprint density at radius 1 is 0.900 bits per heavy atom. The lowest BCUT2D eigenvalue weighted by Gasteiger charge is -2.16. The molecule has 3 heteroatoms. The first kappa shape index (κ1) is 18.6. The van der Waals surface area contributed by atoms with Gasteiger partial charge < -0.3 is 4.74 Å². The highest BCUT2D eigenvalue weighted by Crippen LogP contribution is 2.21. The number of hydrogen-bond acceptors (Lipinski definition) is 3. The van der Waals surface area contributed by atoms with E-state index in [4.69, 9.17) is 4.74 Å². The largest absolute Gasteiger partial charge is 0.386 e. The molecule has 0 unspecified atom stereocenters. The zero-order valence-electron chi connectivity index (χ0n) is 14.1. The van der Waals surface area contributed by atoms with Gasteiger partial charge in [0.05, 0.1) is 0 Å². The van der Waals surface area contributed by atoms with Crippen LogP contribution in [0.5, 0.6) is 0 Å². The van der Waals surface area contributed by atoms with Crippen LogP contribution in [-0.4, -0.2) is 11.9 Å². The fourth-order valence-electron chi connectivity index (χ4n) is 1.77. The topological polar surface area (TPSA) is 43.4 Å². The highest BCUT2D eigenvalue weighted by Gasteiger charge is 2.19. The summed E-state index contributed by atoms with van der Waals surface area (Å²) >= 11 is 0. The van der Waals surface area contributed by atoms with Gasteiger partial charge in [-0.05, 0) is 24.2 Å².